The summed E-state index contributed by atoms with van der Waals surface area (Å²) in [6.07, 6.45) is 1.19. The molecule has 9 nitrogen and oxygen atoms in total. The van der Waals surface area contributed by atoms with Crippen molar-refractivity contribution < 1.29 is 19.0 Å². The molecule has 4 rings (SSSR count). The normalized spacial score (nSPS) is 13.6. The van der Waals surface area contributed by atoms with Crippen molar-refractivity contribution in [3.8, 4) is 23.1 Å². The van der Waals surface area contributed by atoms with Crippen LogP contribution < -0.4 is 29.7 Å². The first kappa shape index (κ1) is 24.9. The third kappa shape index (κ3) is 6.05. The van der Waals surface area contributed by atoms with Gasteiger partial charge in [-0.15, -0.1) is 0 Å². The number of carbonyl (C=O) groups excluding carboxylic acids is 1. The lowest BCUT2D eigenvalue weighted by Gasteiger charge is -2.34. The Morgan fingerprint density at radius 1 is 0.972 bits per heavy atom. The highest BCUT2D eigenvalue weighted by atomic mass is 16.5. The van der Waals surface area contributed by atoms with E-state index < -0.39 is 0 Å². The van der Waals surface area contributed by atoms with E-state index in [2.05, 4.69) is 45.1 Å². The third-order valence-electron chi connectivity index (χ3n) is 5.88. The molecule has 0 spiro atoms. The number of methoxy groups -OCH3 is 2. The zero-order valence-electron chi connectivity index (χ0n) is 20.8. The Hall–Kier alpha value is -4.24. The molecule has 1 aromatic heterocycles. The van der Waals surface area contributed by atoms with E-state index in [0.717, 1.165) is 43.3 Å². The summed E-state index contributed by atoms with van der Waals surface area (Å²) in [6, 6.07) is 16.7. The zero-order valence-corrected chi connectivity index (χ0v) is 20.8. The van der Waals surface area contributed by atoms with Gasteiger partial charge in [-0.3, -0.25) is 4.79 Å². The number of carbonyl (C=O) groups is 1. The maximum absolute atomic E-state index is 11.8. The Balaban J connectivity index is 1.49. The van der Waals surface area contributed by atoms with Crippen LogP contribution >= 0.6 is 0 Å². The summed E-state index contributed by atoms with van der Waals surface area (Å²) in [5.74, 6) is 2.38. The molecule has 1 fully saturated rings. The fourth-order valence-corrected chi connectivity index (χ4v) is 3.88. The summed E-state index contributed by atoms with van der Waals surface area (Å²) in [4.78, 5) is 21.0. The average Bonchev–Trinajstić information content (AvgIpc) is 2.90. The summed E-state index contributed by atoms with van der Waals surface area (Å²) in [6.45, 7) is 7.52. The van der Waals surface area contributed by atoms with Crippen LogP contribution in [0.3, 0.4) is 0 Å². The number of aromatic nitrogens is 1. The van der Waals surface area contributed by atoms with Gasteiger partial charge in [0.15, 0.2) is 0 Å². The Morgan fingerprint density at radius 2 is 1.75 bits per heavy atom. The maximum Gasteiger partial charge on any atom is 0.247 e. The number of nitrogens with zero attached hydrogens (tertiary/aromatic N) is 3. The van der Waals surface area contributed by atoms with Gasteiger partial charge in [0.25, 0.3) is 0 Å². The predicted molar refractivity (Wildman–Crippen MR) is 142 cm³/mol. The molecule has 0 radical (unpaired) electrons. The molecule has 2 heterocycles. The number of amides is 1. The molecule has 2 N–H and O–H groups in total. The fourth-order valence-electron chi connectivity index (χ4n) is 3.88. The van der Waals surface area contributed by atoms with Crippen LogP contribution in [0, 0.1) is 0 Å². The number of ether oxygens (including phenoxy) is 3. The molecule has 188 valence electrons. The molecule has 0 aliphatic carbocycles. The number of hydrogen-bond donors (Lipinski definition) is 2. The van der Waals surface area contributed by atoms with Gasteiger partial charge in [-0.1, -0.05) is 12.6 Å². The minimum absolute atomic E-state index is 0.345. The molecular formula is C27H31N5O4. The highest BCUT2D eigenvalue weighted by molar-refractivity contribution is 6.00. The molecule has 0 saturated carbocycles. The molecule has 3 aromatic rings. The summed E-state index contributed by atoms with van der Waals surface area (Å²) < 4.78 is 16.9. The first-order valence-corrected chi connectivity index (χ1v) is 11.6. The number of hydrogen-bond acceptors (Lipinski definition) is 8. The second kappa shape index (κ2) is 11.5. The quantitative estimate of drug-likeness (QED) is 0.425. The molecular weight excluding hydrogens is 458 g/mol. The number of piperazine rings is 1. The molecule has 0 unspecified atom stereocenters. The Bertz CT molecular complexity index is 1220. The third-order valence-corrected chi connectivity index (χ3v) is 5.88. The smallest absolute Gasteiger partial charge is 0.247 e. The summed E-state index contributed by atoms with van der Waals surface area (Å²) >= 11 is 0. The van der Waals surface area contributed by atoms with E-state index in [9.17, 15) is 4.79 Å². The largest absolute Gasteiger partial charge is 0.495 e. The molecule has 2 aromatic carbocycles. The number of rotatable bonds is 9. The van der Waals surface area contributed by atoms with E-state index >= 15 is 0 Å². The molecule has 1 aliphatic heterocycles. The Morgan fingerprint density at radius 3 is 2.47 bits per heavy atom. The minimum Gasteiger partial charge on any atom is -0.495 e. The first-order valence-electron chi connectivity index (χ1n) is 11.6. The number of nitrogens with one attached hydrogen (secondary N) is 2. The molecule has 36 heavy (non-hydrogen) atoms. The number of anilines is 4. The SMILES string of the molecule is C=CC(=O)Nc1cc(Oc2cccc(Nc3ccc(N4CCN(C)CC4)cc3OC)n2)ccc1OC. The van der Waals surface area contributed by atoms with E-state index in [1.54, 1.807) is 31.4 Å². The van der Waals surface area contributed by atoms with Gasteiger partial charge in [-0.25, -0.2) is 0 Å². The van der Waals surface area contributed by atoms with Gasteiger partial charge in [0.05, 0.1) is 25.6 Å². The van der Waals surface area contributed by atoms with Crippen molar-refractivity contribution in [3.63, 3.8) is 0 Å². The lowest BCUT2D eigenvalue weighted by molar-refractivity contribution is -0.111. The number of likely N-dealkylation sites (N-methyl/N-ethyl adjacent to an activating group) is 1. The lowest BCUT2D eigenvalue weighted by Crippen LogP contribution is -2.44. The van der Waals surface area contributed by atoms with Crippen LogP contribution in [0.15, 0.2) is 67.3 Å². The van der Waals surface area contributed by atoms with Crippen molar-refractivity contribution in [2.24, 2.45) is 0 Å². The van der Waals surface area contributed by atoms with Gasteiger partial charge in [-0.2, -0.15) is 4.98 Å². The fraction of sp³-hybridized carbons (Fsp3) is 0.259. The highest BCUT2D eigenvalue weighted by Gasteiger charge is 2.16. The van der Waals surface area contributed by atoms with Crippen molar-refractivity contribution in [2.75, 3.05) is 63.0 Å². The van der Waals surface area contributed by atoms with Crippen LogP contribution in [0.2, 0.25) is 0 Å². The van der Waals surface area contributed by atoms with Gasteiger partial charge in [0.2, 0.25) is 11.8 Å². The molecule has 1 amide bonds. The van der Waals surface area contributed by atoms with E-state index in [-0.39, 0.29) is 5.91 Å². The van der Waals surface area contributed by atoms with E-state index in [4.69, 9.17) is 14.2 Å². The minimum atomic E-state index is -0.345. The zero-order chi connectivity index (χ0) is 25.5. The summed E-state index contributed by atoms with van der Waals surface area (Å²) in [5, 5.41) is 6.03. The Labute approximate surface area is 211 Å². The second-order valence-corrected chi connectivity index (χ2v) is 8.32. The lowest BCUT2D eigenvalue weighted by atomic mass is 10.2. The van der Waals surface area contributed by atoms with Gasteiger partial charge >= 0.3 is 0 Å². The van der Waals surface area contributed by atoms with Crippen molar-refractivity contribution in [3.05, 3.63) is 67.3 Å². The van der Waals surface area contributed by atoms with Crippen LogP contribution in [-0.4, -0.2) is 63.2 Å². The second-order valence-electron chi connectivity index (χ2n) is 8.32. The van der Waals surface area contributed by atoms with Crippen molar-refractivity contribution >= 4 is 28.8 Å². The van der Waals surface area contributed by atoms with Gasteiger partial charge < -0.3 is 34.6 Å². The number of benzene rings is 2. The molecule has 1 saturated heterocycles. The summed E-state index contributed by atoms with van der Waals surface area (Å²) in [5.41, 5.74) is 2.41. The molecule has 0 atom stereocenters. The number of pyridine rings is 1. The van der Waals surface area contributed by atoms with E-state index in [0.29, 0.717) is 28.9 Å². The molecule has 9 heteroatoms. The van der Waals surface area contributed by atoms with Crippen LogP contribution in [0.25, 0.3) is 0 Å². The first-order chi connectivity index (χ1) is 17.5. The van der Waals surface area contributed by atoms with Crippen LogP contribution in [-0.2, 0) is 4.79 Å². The van der Waals surface area contributed by atoms with E-state index in [1.165, 1.54) is 13.2 Å². The van der Waals surface area contributed by atoms with Crippen LogP contribution in [0.1, 0.15) is 0 Å². The van der Waals surface area contributed by atoms with Crippen molar-refractivity contribution in [1.29, 1.82) is 0 Å². The van der Waals surface area contributed by atoms with Gasteiger partial charge in [0.1, 0.15) is 23.1 Å². The average molecular weight is 490 g/mol. The maximum atomic E-state index is 11.8. The van der Waals surface area contributed by atoms with Gasteiger partial charge in [0, 0.05) is 50.1 Å². The monoisotopic (exact) mass is 489 g/mol. The Kier molecular flexibility index (Phi) is 7.92. The standard InChI is InChI=1S/C27H31N5O4/c1-5-26(33)29-22-18-20(10-12-23(22)34-3)36-27-8-6-7-25(30-27)28-21-11-9-19(17-24(21)35-4)32-15-13-31(2)14-16-32/h5-12,17-18H,1,13-16H2,2-4H3,(H,28,30)(H,29,33). The van der Waals surface area contributed by atoms with Crippen LogP contribution in [0.5, 0.6) is 23.1 Å². The summed E-state index contributed by atoms with van der Waals surface area (Å²) in [7, 11) is 5.33. The van der Waals surface area contributed by atoms with Crippen molar-refractivity contribution in [2.45, 2.75) is 0 Å². The molecule has 0 bridgehead atoms. The highest BCUT2D eigenvalue weighted by Crippen LogP contribution is 2.34. The molecule has 1 aliphatic rings. The van der Waals surface area contributed by atoms with E-state index in [1.807, 2.05) is 24.3 Å². The van der Waals surface area contributed by atoms with Crippen LogP contribution in [0.4, 0.5) is 22.9 Å². The topological polar surface area (TPSA) is 88.2 Å². The van der Waals surface area contributed by atoms with Crippen molar-refractivity contribution in [1.82, 2.24) is 9.88 Å². The predicted octanol–water partition coefficient (Wildman–Crippen LogP) is 4.51. The van der Waals surface area contributed by atoms with Gasteiger partial charge in [-0.05, 0) is 43.5 Å².